The third kappa shape index (κ3) is 5.53. The maximum atomic E-state index is 12.0. The van der Waals surface area contributed by atoms with Crippen LogP contribution in [-0.2, 0) is 16.0 Å². The van der Waals surface area contributed by atoms with E-state index in [9.17, 15) is 9.59 Å². The molecule has 0 saturated carbocycles. The van der Waals surface area contributed by atoms with Gasteiger partial charge in [-0.25, -0.2) is 0 Å². The summed E-state index contributed by atoms with van der Waals surface area (Å²) in [7, 11) is 0. The van der Waals surface area contributed by atoms with Gasteiger partial charge < -0.3 is 9.47 Å². The van der Waals surface area contributed by atoms with Gasteiger partial charge in [0.1, 0.15) is 5.75 Å². The van der Waals surface area contributed by atoms with Crippen molar-refractivity contribution in [2.45, 2.75) is 13.3 Å². The van der Waals surface area contributed by atoms with Crippen LogP contribution in [-0.4, -0.2) is 25.0 Å². The fourth-order valence-electron chi connectivity index (χ4n) is 1.95. The summed E-state index contributed by atoms with van der Waals surface area (Å²) in [4.78, 5) is 23.8. The van der Waals surface area contributed by atoms with Gasteiger partial charge >= 0.3 is 5.97 Å². The van der Waals surface area contributed by atoms with Crippen LogP contribution in [0.25, 0.3) is 0 Å². The van der Waals surface area contributed by atoms with Gasteiger partial charge in [0.2, 0.25) is 0 Å². The van der Waals surface area contributed by atoms with Gasteiger partial charge in [-0.1, -0.05) is 28.1 Å². The van der Waals surface area contributed by atoms with Crippen molar-refractivity contribution in [3.05, 3.63) is 64.1 Å². The van der Waals surface area contributed by atoms with E-state index < -0.39 is 5.97 Å². The number of benzene rings is 2. The van der Waals surface area contributed by atoms with Gasteiger partial charge in [0.25, 0.3) is 0 Å². The third-order valence-corrected chi connectivity index (χ3v) is 3.64. The smallest absolute Gasteiger partial charge is 0.310 e. The number of Topliss-reactive ketones (excluding diaryl/α,β-unsaturated/α-hetero) is 1. The Kier molecular flexibility index (Phi) is 6.35. The van der Waals surface area contributed by atoms with Crippen molar-refractivity contribution in [1.29, 1.82) is 0 Å². The van der Waals surface area contributed by atoms with E-state index in [2.05, 4.69) is 15.9 Å². The van der Waals surface area contributed by atoms with Gasteiger partial charge in [-0.2, -0.15) is 0 Å². The highest BCUT2D eigenvalue weighted by Crippen LogP contribution is 2.13. The minimum Gasteiger partial charge on any atom is -0.494 e. The lowest BCUT2D eigenvalue weighted by Gasteiger charge is -2.06. The van der Waals surface area contributed by atoms with Gasteiger partial charge in [-0.15, -0.1) is 0 Å². The van der Waals surface area contributed by atoms with Crippen molar-refractivity contribution in [2.75, 3.05) is 13.2 Å². The summed E-state index contributed by atoms with van der Waals surface area (Å²) in [5, 5.41) is 0. The summed E-state index contributed by atoms with van der Waals surface area (Å²) < 4.78 is 11.3. The maximum Gasteiger partial charge on any atom is 0.310 e. The van der Waals surface area contributed by atoms with Crippen LogP contribution < -0.4 is 4.74 Å². The van der Waals surface area contributed by atoms with Crippen molar-refractivity contribution < 1.29 is 19.1 Å². The second kappa shape index (κ2) is 8.48. The molecule has 0 spiro atoms. The van der Waals surface area contributed by atoms with E-state index in [1.54, 1.807) is 24.3 Å². The SMILES string of the molecule is CCOc1ccc(C(=O)COC(=O)Cc2ccc(Br)cc2)cc1. The first-order chi connectivity index (χ1) is 11.1. The Bertz CT molecular complexity index is 662. The lowest BCUT2D eigenvalue weighted by molar-refractivity contribution is -0.141. The molecule has 0 bridgehead atoms. The number of halogens is 1. The van der Waals surface area contributed by atoms with Crippen LogP contribution >= 0.6 is 15.9 Å². The molecule has 5 heteroatoms. The van der Waals surface area contributed by atoms with Gasteiger partial charge in [0, 0.05) is 10.0 Å². The summed E-state index contributed by atoms with van der Waals surface area (Å²) in [5.74, 6) is 0.0418. The lowest BCUT2D eigenvalue weighted by Crippen LogP contribution is -2.15. The molecule has 0 aromatic heterocycles. The van der Waals surface area contributed by atoms with Crippen molar-refractivity contribution >= 4 is 27.7 Å². The van der Waals surface area contributed by atoms with E-state index in [0.717, 1.165) is 10.0 Å². The van der Waals surface area contributed by atoms with Crippen LogP contribution in [0.1, 0.15) is 22.8 Å². The zero-order chi connectivity index (χ0) is 16.7. The Balaban J connectivity index is 1.83. The number of ether oxygens (including phenoxy) is 2. The molecule has 120 valence electrons. The molecule has 23 heavy (non-hydrogen) atoms. The standard InChI is InChI=1S/C18H17BrO4/c1-2-22-16-9-5-14(6-10-16)17(20)12-23-18(21)11-13-3-7-15(19)8-4-13/h3-10H,2,11-12H2,1H3. The quantitative estimate of drug-likeness (QED) is 0.544. The number of esters is 1. The Labute approximate surface area is 143 Å². The van der Waals surface area contributed by atoms with Gasteiger partial charge in [-0.3, -0.25) is 9.59 Å². The predicted molar refractivity (Wildman–Crippen MR) is 90.7 cm³/mol. The highest BCUT2D eigenvalue weighted by molar-refractivity contribution is 9.10. The fraction of sp³-hybridized carbons (Fsp3) is 0.222. The zero-order valence-corrected chi connectivity index (χ0v) is 14.3. The summed E-state index contributed by atoms with van der Waals surface area (Å²) in [5.41, 5.74) is 1.33. The van der Waals surface area contributed by atoms with Crippen LogP contribution in [0.3, 0.4) is 0 Å². The molecule has 0 atom stereocenters. The van der Waals surface area contributed by atoms with Crippen LogP contribution in [0.2, 0.25) is 0 Å². The van der Waals surface area contributed by atoms with Gasteiger partial charge in [-0.05, 0) is 48.9 Å². The minimum absolute atomic E-state index is 0.143. The highest BCUT2D eigenvalue weighted by Gasteiger charge is 2.11. The number of hydrogen-bond donors (Lipinski definition) is 0. The van der Waals surface area contributed by atoms with Crippen LogP contribution in [0.4, 0.5) is 0 Å². The second-order valence-corrected chi connectivity index (χ2v) is 5.76. The topological polar surface area (TPSA) is 52.6 Å². The molecule has 0 heterocycles. The Morgan fingerprint density at radius 1 is 1.00 bits per heavy atom. The fourth-order valence-corrected chi connectivity index (χ4v) is 2.22. The molecule has 0 aliphatic carbocycles. The third-order valence-electron chi connectivity index (χ3n) is 3.11. The molecule has 2 aromatic rings. The van der Waals surface area contributed by atoms with E-state index in [1.807, 2.05) is 31.2 Å². The van der Waals surface area contributed by atoms with E-state index in [0.29, 0.717) is 17.9 Å². The molecule has 0 saturated heterocycles. The number of rotatable bonds is 7. The first kappa shape index (κ1) is 17.2. The summed E-state index contributed by atoms with van der Waals surface area (Å²) >= 11 is 3.33. The zero-order valence-electron chi connectivity index (χ0n) is 12.8. The van der Waals surface area contributed by atoms with Crippen LogP contribution in [0, 0.1) is 0 Å². The second-order valence-electron chi connectivity index (χ2n) is 4.84. The van der Waals surface area contributed by atoms with E-state index in [4.69, 9.17) is 9.47 Å². The Hall–Kier alpha value is -2.14. The van der Waals surface area contributed by atoms with E-state index in [1.165, 1.54) is 0 Å². The van der Waals surface area contributed by atoms with Gasteiger partial charge in [0.15, 0.2) is 12.4 Å². The normalized spacial score (nSPS) is 10.2. The average Bonchev–Trinajstić information content (AvgIpc) is 2.56. The monoisotopic (exact) mass is 376 g/mol. The molecule has 4 nitrogen and oxygen atoms in total. The highest BCUT2D eigenvalue weighted by atomic mass is 79.9. The van der Waals surface area contributed by atoms with Crippen molar-refractivity contribution in [3.8, 4) is 5.75 Å². The molecule has 0 unspecified atom stereocenters. The molecule has 0 N–H and O–H groups in total. The van der Waals surface area contributed by atoms with Crippen LogP contribution in [0.5, 0.6) is 5.75 Å². The molecule has 0 aliphatic rings. The predicted octanol–water partition coefficient (Wildman–Crippen LogP) is 3.82. The minimum atomic E-state index is -0.424. The number of ketones is 1. The average molecular weight is 377 g/mol. The lowest BCUT2D eigenvalue weighted by atomic mass is 10.1. The molecule has 0 radical (unpaired) electrons. The van der Waals surface area contributed by atoms with Crippen molar-refractivity contribution in [2.24, 2.45) is 0 Å². The summed E-state index contributed by atoms with van der Waals surface area (Å²) in [6.45, 7) is 2.20. The van der Waals surface area contributed by atoms with Crippen LogP contribution in [0.15, 0.2) is 53.0 Å². The van der Waals surface area contributed by atoms with E-state index >= 15 is 0 Å². The number of carbonyl (C=O) groups is 2. The molecular formula is C18H17BrO4. The molecule has 2 aromatic carbocycles. The molecule has 2 rings (SSSR count). The summed E-state index contributed by atoms with van der Waals surface area (Å²) in [6.07, 6.45) is 0.143. The Morgan fingerprint density at radius 3 is 2.26 bits per heavy atom. The number of hydrogen-bond acceptors (Lipinski definition) is 4. The first-order valence-corrected chi connectivity index (χ1v) is 8.04. The van der Waals surface area contributed by atoms with Crippen molar-refractivity contribution in [3.63, 3.8) is 0 Å². The molecular weight excluding hydrogens is 360 g/mol. The maximum absolute atomic E-state index is 12.0. The molecule has 0 fully saturated rings. The molecule has 0 amide bonds. The van der Waals surface area contributed by atoms with Crippen molar-refractivity contribution in [1.82, 2.24) is 0 Å². The number of carbonyl (C=O) groups excluding carboxylic acids is 2. The largest absolute Gasteiger partial charge is 0.494 e. The van der Waals surface area contributed by atoms with Gasteiger partial charge in [0.05, 0.1) is 13.0 Å². The first-order valence-electron chi connectivity index (χ1n) is 7.24. The summed E-state index contributed by atoms with van der Waals surface area (Å²) in [6, 6.07) is 14.1. The Morgan fingerprint density at radius 2 is 1.65 bits per heavy atom. The van der Waals surface area contributed by atoms with E-state index in [-0.39, 0.29) is 18.8 Å². The molecule has 0 aliphatic heterocycles.